The van der Waals surface area contributed by atoms with Crippen LogP contribution in [0.5, 0.6) is 0 Å². The molecule has 0 saturated heterocycles. The minimum absolute atomic E-state index is 0.774. The standard InChI is InChI=1S/C19H24N4/c1-3-4-9-17(20-2)14-23(15-18-10-5-7-12-21-18)16-19-11-6-8-13-22-19/h4-13H,3,14-16H2,1-2H3/b9-4-,20-17?. The highest BCUT2D eigenvalue weighted by molar-refractivity contribution is 5.96. The molecule has 120 valence electrons. The quantitative estimate of drug-likeness (QED) is 0.701. The molecule has 2 heterocycles. The zero-order valence-corrected chi connectivity index (χ0v) is 13.9. The second-order valence-electron chi connectivity index (χ2n) is 5.31. The van der Waals surface area contributed by atoms with E-state index in [2.05, 4.69) is 51.1 Å². The Labute approximate surface area is 138 Å². The maximum absolute atomic E-state index is 4.44. The van der Waals surface area contributed by atoms with Gasteiger partial charge in [-0.25, -0.2) is 0 Å². The fraction of sp³-hybridized carbons (Fsp3) is 0.316. The largest absolute Gasteiger partial charge is 0.292 e. The third-order valence-corrected chi connectivity index (χ3v) is 3.44. The second-order valence-corrected chi connectivity index (χ2v) is 5.31. The summed E-state index contributed by atoms with van der Waals surface area (Å²) < 4.78 is 0. The molecular weight excluding hydrogens is 284 g/mol. The van der Waals surface area contributed by atoms with Crippen LogP contribution in [0, 0.1) is 0 Å². The van der Waals surface area contributed by atoms with E-state index in [9.17, 15) is 0 Å². The summed E-state index contributed by atoms with van der Waals surface area (Å²) in [6.07, 6.45) is 8.92. The van der Waals surface area contributed by atoms with Gasteiger partial charge in [0.25, 0.3) is 0 Å². The van der Waals surface area contributed by atoms with Crippen molar-refractivity contribution in [2.24, 2.45) is 4.99 Å². The summed E-state index contributed by atoms with van der Waals surface area (Å²) in [5.74, 6) is 0. The van der Waals surface area contributed by atoms with Crippen LogP contribution in [0.15, 0.2) is 65.9 Å². The maximum Gasteiger partial charge on any atom is 0.0544 e. The van der Waals surface area contributed by atoms with Gasteiger partial charge in [-0.3, -0.25) is 19.9 Å². The number of rotatable bonds is 8. The molecule has 0 atom stereocenters. The molecule has 2 aromatic heterocycles. The Hall–Kier alpha value is -2.33. The Balaban J connectivity index is 2.11. The summed E-state index contributed by atoms with van der Waals surface area (Å²) in [6, 6.07) is 12.0. The van der Waals surface area contributed by atoms with Crippen LogP contribution >= 0.6 is 0 Å². The van der Waals surface area contributed by atoms with Crippen LogP contribution in [-0.4, -0.2) is 34.2 Å². The van der Waals surface area contributed by atoms with E-state index in [1.807, 2.05) is 43.7 Å². The van der Waals surface area contributed by atoms with Crippen LogP contribution in [0.4, 0.5) is 0 Å². The highest BCUT2D eigenvalue weighted by Gasteiger charge is 2.10. The topological polar surface area (TPSA) is 41.4 Å². The van der Waals surface area contributed by atoms with Crippen LogP contribution in [0.2, 0.25) is 0 Å². The van der Waals surface area contributed by atoms with Gasteiger partial charge in [-0.2, -0.15) is 0 Å². The summed E-state index contributed by atoms with van der Waals surface area (Å²) in [5, 5.41) is 0. The van der Waals surface area contributed by atoms with Crippen molar-refractivity contribution in [3.8, 4) is 0 Å². The van der Waals surface area contributed by atoms with E-state index < -0.39 is 0 Å². The van der Waals surface area contributed by atoms with Gasteiger partial charge in [0.1, 0.15) is 0 Å². The third kappa shape index (κ3) is 6.12. The van der Waals surface area contributed by atoms with E-state index in [0.29, 0.717) is 0 Å². The smallest absolute Gasteiger partial charge is 0.0544 e. The highest BCUT2D eigenvalue weighted by atomic mass is 15.1. The van der Waals surface area contributed by atoms with Gasteiger partial charge in [0.2, 0.25) is 0 Å². The molecule has 0 unspecified atom stereocenters. The first-order valence-corrected chi connectivity index (χ1v) is 7.96. The van der Waals surface area contributed by atoms with Gasteiger partial charge in [-0.05, 0) is 36.8 Å². The lowest BCUT2D eigenvalue weighted by Crippen LogP contribution is -2.29. The lowest BCUT2D eigenvalue weighted by Gasteiger charge is -2.21. The van der Waals surface area contributed by atoms with Gasteiger partial charge >= 0.3 is 0 Å². The number of aromatic nitrogens is 2. The van der Waals surface area contributed by atoms with E-state index in [4.69, 9.17) is 0 Å². The number of hydrogen-bond acceptors (Lipinski definition) is 4. The molecule has 4 heteroatoms. The Kier molecular flexibility index (Phi) is 7.14. The van der Waals surface area contributed by atoms with Crippen LogP contribution < -0.4 is 0 Å². The molecule has 0 aliphatic heterocycles. The van der Waals surface area contributed by atoms with E-state index in [1.165, 1.54) is 0 Å². The van der Waals surface area contributed by atoms with E-state index in [1.54, 1.807) is 0 Å². The molecule has 0 bridgehead atoms. The molecule has 2 rings (SSSR count). The molecule has 0 aromatic carbocycles. The zero-order valence-electron chi connectivity index (χ0n) is 13.9. The van der Waals surface area contributed by atoms with Crippen molar-refractivity contribution in [3.63, 3.8) is 0 Å². The predicted octanol–water partition coefficient (Wildman–Crippen LogP) is 3.52. The first-order chi connectivity index (χ1) is 11.3. The number of hydrogen-bond donors (Lipinski definition) is 0. The Morgan fingerprint density at radius 2 is 1.65 bits per heavy atom. The Morgan fingerprint density at radius 1 is 1.04 bits per heavy atom. The van der Waals surface area contributed by atoms with Crippen molar-refractivity contribution in [3.05, 3.63) is 72.3 Å². The molecule has 0 spiro atoms. The number of allylic oxidation sites excluding steroid dienone is 1. The van der Waals surface area contributed by atoms with Gasteiger partial charge in [-0.1, -0.05) is 25.1 Å². The van der Waals surface area contributed by atoms with Crippen LogP contribution in [0.3, 0.4) is 0 Å². The van der Waals surface area contributed by atoms with Crippen molar-refractivity contribution in [1.82, 2.24) is 14.9 Å². The normalized spacial score (nSPS) is 12.2. The first kappa shape index (κ1) is 17.0. The van der Waals surface area contributed by atoms with Crippen LogP contribution in [-0.2, 0) is 13.1 Å². The molecule has 2 aromatic rings. The lowest BCUT2D eigenvalue weighted by molar-refractivity contribution is 0.288. The van der Waals surface area contributed by atoms with E-state index in [-0.39, 0.29) is 0 Å². The van der Waals surface area contributed by atoms with Crippen molar-refractivity contribution >= 4 is 5.71 Å². The van der Waals surface area contributed by atoms with Crippen molar-refractivity contribution < 1.29 is 0 Å². The van der Waals surface area contributed by atoms with Crippen molar-refractivity contribution in [1.29, 1.82) is 0 Å². The van der Waals surface area contributed by atoms with Gasteiger partial charge < -0.3 is 0 Å². The fourth-order valence-electron chi connectivity index (χ4n) is 2.29. The summed E-state index contributed by atoms with van der Waals surface area (Å²) in [6.45, 7) is 4.45. The summed E-state index contributed by atoms with van der Waals surface area (Å²) in [5.41, 5.74) is 3.18. The number of aliphatic imine (C=N–C) groups is 1. The summed E-state index contributed by atoms with van der Waals surface area (Å²) in [4.78, 5) is 15.6. The van der Waals surface area contributed by atoms with Crippen LogP contribution in [0.1, 0.15) is 24.7 Å². The third-order valence-electron chi connectivity index (χ3n) is 3.44. The number of pyridine rings is 2. The summed E-state index contributed by atoms with van der Waals surface area (Å²) >= 11 is 0. The molecule has 0 aliphatic rings. The Morgan fingerprint density at radius 3 is 2.09 bits per heavy atom. The molecule has 0 fully saturated rings. The Bertz CT molecular complexity index is 579. The molecule has 0 radical (unpaired) electrons. The molecule has 0 N–H and O–H groups in total. The van der Waals surface area contributed by atoms with Gasteiger partial charge in [0.15, 0.2) is 0 Å². The molecule has 0 amide bonds. The molecule has 4 nitrogen and oxygen atoms in total. The van der Waals surface area contributed by atoms with Gasteiger partial charge in [0.05, 0.1) is 11.4 Å². The van der Waals surface area contributed by atoms with Crippen LogP contribution in [0.25, 0.3) is 0 Å². The van der Waals surface area contributed by atoms with E-state index >= 15 is 0 Å². The second kappa shape index (κ2) is 9.64. The van der Waals surface area contributed by atoms with Gasteiger partial charge in [-0.15, -0.1) is 0 Å². The predicted molar refractivity (Wildman–Crippen MR) is 95.4 cm³/mol. The fourth-order valence-corrected chi connectivity index (χ4v) is 2.29. The minimum atomic E-state index is 0.774. The minimum Gasteiger partial charge on any atom is -0.292 e. The molecular formula is C19H24N4. The average molecular weight is 308 g/mol. The zero-order chi connectivity index (χ0) is 16.3. The van der Waals surface area contributed by atoms with Crippen molar-refractivity contribution in [2.75, 3.05) is 13.6 Å². The van der Waals surface area contributed by atoms with Crippen molar-refractivity contribution in [2.45, 2.75) is 26.4 Å². The molecule has 0 aliphatic carbocycles. The number of nitrogens with zero attached hydrogens (tertiary/aromatic N) is 4. The molecule has 23 heavy (non-hydrogen) atoms. The summed E-state index contributed by atoms with van der Waals surface area (Å²) in [7, 11) is 1.84. The first-order valence-electron chi connectivity index (χ1n) is 7.96. The SMILES string of the molecule is CC/C=C\C(CN(Cc1ccccn1)Cc1ccccn1)=NC. The maximum atomic E-state index is 4.44. The van der Waals surface area contributed by atoms with E-state index in [0.717, 1.165) is 43.2 Å². The van der Waals surface area contributed by atoms with Gasteiger partial charge in [0, 0.05) is 44.8 Å². The lowest BCUT2D eigenvalue weighted by atomic mass is 10.2. The highest BCUT2D eigenvalue weighted by Crippen LogP contribution is 2.07. The average Bonchev–Trinajstić information content (AvgIpc) is 2.60. The monoisotopic (exact) mass is 308 g/mol. The molecule has 0 saturated carbocycles.